The van der Waals surface area contributed by atoms with Gasteiger partial charge in [0, 0.05) is 5.56 Å². The molecule has 4 rings (SSSR count). The van der Waals surface area contributed by atoms with Gasteiger partial charge in [-0.05, 0) is 54.0 Å². The van der Waals surface area contributed by atoms with Crippen LogP contribution in [0, 0.1) is 18.6 Å². The van der Waals surface area contributed by atoms with Gasteiger partial charge in [-0.15, -0.1) is 0 Å². The third kappa shape index (κ3) is 4.11. The van der Waals surface area contributed by atoms with Crippen molar-refractivity contribution >= 4 is 0 Å². The van der Waals surface area contributed by atoms with Crippen LogP contribution in [0.3, 0.4) is 0 Å². The molecule has 2 unspecified atom stereocenters. The van der Waals surface area contributed by atoms with Gasteiger partial charge in [0.25, 0.3) is 0 Å². The Morgan fingerprint density at radius 2 is 1.41 bits per heavy atom. The van der Waals surface area contributed by atoms with Crippen LogP contribution in [0.25, 0.3) is 22.3 Å². The molecule has 0 radical (unpaired) electrons. The molecule has 0 bridgehead atoms. The molecule has 3 aromatic carbocycles. The van der Waals surface area contributed by atoms with Crippen LogP contribution < -0.4 is 0 Å². The van der Waals surface area contributed by atoms with Crippen molar-refractivity contribution in [2.75, 3.05) is 0 Å². The maximum absolute atomic E-state index is 14.3. The predicted octanol–water partition coefficient (Wildman–Crippen LogP) is 7.63. The van der Waals surface area contributed by atoms with Crippen LogP contribution in [0.2, 0.25) is 0 Å². The second kappa shape index (κ2) is 8.46. The summed E-state index contributed by atoms with van der Waals surface area (Å²) in [7, 11) is 0. The summed E-state index contributed by atoms with van der Waals surface area (Å²) in [5.74, 6) is -1.57. The zero-order chi connectivity index (χ0) is 20.4. The van der Waals surface area contributed by atoms with E-state index < -0.39 is 11.6 Å². The molecule has 1 nitrogen and oxygen atoms in total. The van der Waals surface area contributed by atoms with Gasteiger partial charge in [0.2, 0.25) is 0 Å². The zero-order valence-electron chi connectivity index (χ0n) is 16.9. The molecule has 0 saturated carbocycles. The van der Waals surface area contributed by atoms with Crippen LogP contribution >= 0.6 is 0 Å². The fraction of sp³-hybridized carbons (Fsp3) is 0.308. The van der Waals surface area contributed by atoms with E-state index in [1.165, 1.54) is 5.56 Å². The summed E-state index contributed by atoms with van der Waals surface area (Å²) in [5.41, 5.74) is 4.64. The van der Waals surface area contributed by atoms with Crippen molar-refractivity contribution in [2.45, 2.75) is 51.7 Å². The Bertz CT molecular complexity index is 977. The van der Waals surface area contributed by atoms with Gasteiger partial charge in [0.15, 0.2) is 11.6 Å². The number of halogens is 2. The van der Waals surface area contributed by atoms with Crippen molar-refractivity contribution in [3.8, 4) is 22.3 Å². The van der Waals surface area contributed by atoms with E-state index in [9.17, 15) is 8.78 Å². The second-order valence-corrected chi connectivity index (χ2v) is 7.87. The van der Waals surface area contributed by atoms with Crippen molar-refractivity contribution in [3.63, 3.8) is 0 Å². The van der Waals surface area contributed by atoms with Gasteiger partial charge in [0.05, 0.1) is 12.2 Å². The molecule has 3 aromatic rings. The van der Waals surface area contributed by atoms with E-state index in [0.717, 1.165) is 36.8 Å². The molecule has 0 spiro atoms. The molecule has 1 aliphatic heterocycles. The van der Waals surface area contributed by atoms with E-state index in [1.807, 2.05) is 24.3 Å². The van der Waals surface area contributed by atoms with Crippen molar-refractivity contribution in [3.05, 3.63) is 83.4 Å². The molecular formula is C26H26F2O. The van der Waals surface area contributed by atoms with Crippen molar-refractivity contribution in [1.82, 2.24) is 0 Å². The number of ether oxygens (including phenoxy) is 1. The summed E-state index contributed by atoms with van der Waals surface area (Å²) >= 11 is 0. The predicted molar refractivity (Wildman–Crippen MR) is 114 cm³/mol. The molecule has 150 valence electrons. The minimum Gasteiger partial charge on any atom is -0.370 e. The highest BCUT2D eigenvalue weighted by Crippen LogP contribution is 2.35. The van der Waals surface area contributed by atoms with Crippen LogP contribution in [0.5, 0.6) is 0 Å². The smallest absolute Gasteiger partial charge is 0.166 e. The van der Waals surface area contributed by atoms with Crippen LogP contribution in [0.15, 0.2) is 60.7 Å². The molecule has 0 N–H and O–H groups in total. The van der Waals surface area contributed by atoms with Gasteiger partial charge >= 0.3 is 0 Å². The first-order chi connectivity index (χ1) is 14.1. The van der Waals surface area contributed by atoms with Gasteiger partial charge in [-0.2, -0.15) is 0 Å². The Kier molecular flexibility index (Phi) is 5.77. The molecule has 1 fully saturated rings. The summed E-state index contributed by atoms with van der Waals surface area (Å²) in [4.78, 5) is 0. The largest absolute Gasteiger partial charge is 0.370 e. The minimum atomic E-state index is -0.792. The maximum Gasteiger partial charge on any atom is 0.166 e. The fourth-order valence-corrected chi connectivity index (χ4v) is 4.09. The van der Waals surface area contributed by atoms with E-state index in [2.05, 4.69) is 31.2 Å². The average molecular weight is 392 g/mol. The third-order valence-corrected chi connectivity index (χ3v) is 5.81. The molecule has 0 aromatic heterocycles. The molecule has 1 aliphatic rings. The van der Waals surface area contributed by atoms with Crippen LogP contribution in [0.4, 0.5) is 8.78 Å². The highest BCUT2D eigenvalue weighted by atomic mass is 19.2. The summed E-state index contributed by atoms with van der Waals surface area (Å²) in [6.45, 7) is 3.76. The fourth-order valence-electron chi connectivity index (χ4n) is 4.09. The van der Waals surface area contributed by atoms with Gasteiger partial charge in [-0.1, -0.05) is 74.0 Å². The standard InChI is InChI=1S/C26H26F2O/c1-3-4-22-14-16-24(29-22)21-12-8-19(9-13-21)18-6-10-20(11-7-18)23-15-5-17(2)25(27)26(23)28/h5-13,15,22,24H,3-4,14,16H2,1-2H3. The van der Waals surface area contributed by atoms with Gasteiger partial charge < -0.3 is 4.74 Å². The van der Waals surface area contributed by atoms with E-state index in [-0.39, 0.29) is 11.7 Å². The lowest BCUT2D eigenvalue weighted by Gasteiger charge is -2.14. The lowest BCUT2D eigenvalue weighted by molar-refractivity contribution is 0.0397. The first-order valence-corrected chi connectivity index (χ1v) is 10.4. The van der Waals surface area contributed by atoms with Crippen molar-refractivity contribution in [1.29, 1.82) is 0 Å². The second-order valence-electron chi connectivity index (χ2n) is 7.87. The molecule has 1 saturated heterocycles. The van der Waals surface area contributed by atoms with E-state index in [0.29, 0.717) is 17.2 Å². The first kappa shape index (κ1) is 19.8. The van der Waals surface area contributed by atoms with Gasteiger partial charge in [-0.25, -0.2) is 8.78 Å². The van der Waals surface area contributed by atoms with Crippen molar-refractivity contribution < 1.29 is 13.5 Å². The maximum atomic E-state index is 14.3. The molecule has 0 amide bonds. The Morgan fingerprint density at radius 3 is 2.07 bits per heavy atom. The van der Waals surface area contributed by atoms with E-state index in [1.54, 1.807) is 19.1 Å². The minimum absolute atomic E-state index is 0.197. The first-order valence-electron chi connectivity index (χ1n) is 10.4. The SMILES string of the molecule is CCCC1CCC(c2ccc(-c3ccc(-c4ccc(C)c(F)c4F)cc3)cc2)O1. The van der Waals surface area contributed by atoms with E-state index in [4.69, 9.17) is 4.74 Å². The van der Waals surface area contributed by atoms with Gasteiger partial charge in [0.1, 0.15) is 0 Å². The topological polar surface area (TPSA) is 9.23 Å². The highest BCUT2D eigenvalue weighted by molar-refractivity contribution is 5.71. The molecular weight excluding hydrogens is 366 g/mol. The van der Waals surface area contributed by atoms with Crippen LogP contribution in [-0.4, -0.2) is 6.10 Å². The Morgan fingerprint density at radius 1 is 0.793 bits per heavy atom. The van der Waals surface area contributed by atoms with Crippen LogP contribution in [-0.2, 0) is 4.74 Å². The van der Waals surface area contributed by atoms with Gasteiger partial charge in [-0.3, -0.25) is 0 Å². The Balaban J connectivity index is 1.50. The molecule has 29 heavy (non-hydrogen) atoms. The lowest BCUT2D eigenvalue weighted by atomic mass is 9.97. The molecule has 2 atom stereocenters. The zero-order valence-corrected chi connectivity index (χ0v) is 16.9. The van der Waals surface area contributed by atoms with Crippen LogP contribution in [0.1, 0.15) is 49.8 Å². The lowest BCUT2D eigenvalue weighted by Crippen LogP contribution is -2.05. The number of rotatable bonds is 5. The number of hydrogen-bond acceptors (Lipinski definition) is 1. The molecule has 3 heteroatoms. The quantitative estimate of drug-likeness (QED) is 0.434. The third-order valence-electron chi connectivity index (χ3n) is 5.81. The summed E-state index contributed by atoms with van der Waals surface area (Å²) < 4.78 is 34.3. The van der Waals surface area contributed by atoms with Crippen molar-refractivity contribution in [2.24, 2.45) is 0 Å². The Labute approximate surface area is 171 Å². The number of benzene rings is 3. The number of hydrogen-bond donors (Lipinski definition) is 0. The molecule has 1 heterocycles. The summed E-state index contributed by atoms with van der Waals surface area (Å²) in [6.07, 6.45) is 5.10. The summed E-state index contributed by atoms with van der Waals surface area (Å²) in [6, 6.07) is 19.3. The monoisotopic (exact) mass is 392 g/mol. The number of aryl methyl sites for hydroxylation is 1. The normalized spacial score (nSPS) is 18.9. The average Bonchev–Trinajstić information content (AvgIpc) is 3.22. The highest BCUT2D eigenvalue weighted by Gasteiger charge is 2.25. The summed E-state index contributed by atoms with van der Waals surface area (Å²) in [5, 5.41) is 0. The molecule has 0 aliphatic carbocycles. The Hall–Kier alpha value is -2.52. The van der Waals surface area contributed by atoms with E-state index >= 15 is 0 Å².